The molecule has 1 fully saturated rings. The second kappa shape index (κ2) is 8.99. The number of hydrogen-bond donors (Lipinski definition) is 1. The lowest BCUT2D eigenvalue weighted by Gasteiger charge is -2.21. The molecule has 0 atom stereocenters. The Bertz CT molecular complexity index is 692. The zero-order valence-electron chi connectivity index (χ0n) is 14.3. The van der Waals surface area contributed by atoms with Gasteiger partial charge in [0.1, 0.15) is 0 Å². The lowest BCUT2D eigenvalue weighted by molar-refractivity contribution is -0.117. The van der Waals surface area contributed by atoms with Crippen molar-refractivity contribution in [2.45, 2.75) is 13.0 Å². The molecular formula is C20H24ClN3O. The SMILES string of the molecule is O=C(CN1CCCN(Cc2ccccc2)CC1)Nc1cccc(Cl)c1. The Kier molecular flexibility index (Phi) is 6.45. The number of amides is 1. The van der Waals surface area contributed by atoms with E-state index in [1.807, 2.05) is 18.2 Å². The molecule has 0 saturated carbocycles. The van der Waals surface area contributed by atoms with Gasteiger partial charge in [-0.2, -0.15) is 0 Å². The van der Waals surface area contributed by atoms with Crippen LogP contribution in [0.3, 0.4) is 0 Å². The van der Waals surface area contributed by atoms with E-state index in [9.17, 15) is 4.79 Å². The number of nitrogens with zero attached hydrogens (tertiary/aromatic N) is 2. The number of nitrogens with one attached hydrogen (secondary N) is 1. The van der Waals surface area contributed by atoms with Crippen molar-refractivity contribution in [3.05, 3.63) is 65.2 Å². The lowest BCUT2D eigenvalue weighted by atomic mass is 10.2. The number of carbonyl (C=O) groups excluding carboxylic acids is 1. The van der Waals surface area contributed by atoms with Crippen molar-refractivity contribution in [1.82, 2.24) is 9.80 Å². The molecule has 1 aliphatic heterocycles. The standard InChI is InChI=1S/C20H24ClN3O/c21-18-8-4-9-19(14-18)22-20(25)16-24-11-5-10-23(12-13-24)15-17-6-2-1-3-7-17/h1-4,6-9,14H,5,10-13,15-16H2,(H,22,25). The number of carbonyl (C=O) groups is 1. The summed E-state index contributed by atoms with van der Waals surface area (Å²) < 4.78 is 0. The van der Waals surface area contributed by atoms with Gasteiger partial charge in [-0.05, 0) is 43.3 Å². The van der Waals surface area contributed by atoms with Crippen molar-refractivity contribution in [3.63, 3.8) is 0 Å². The summed E-state index contributed by atoms with van der Waals surface area (Å²) in [6, 6.07) is 17.8. The largest absolute Gasteiger partial charge is 0.325 e. The van der Waals surface area contributed by atoms with E-state index in [0.29, 0.717) is 11.6 Å². The van der Waals surface area contributed by atoms with Crippen LogP contribution in [0.5, 0.6) is 0 Å². The summed E-state index contributed by atoms with van der Waals surface area (Å²) >= 11 is 5.96. The topological polar surface area (TPSA) is 35.6 Å². The molecule has 2 aromatic rings. The highest BCUT2D eigenvalue weighted by Gasteiger charge is 2.17. The Labute approximate surface area is 154 Å². The van der Waals surface area contributed by atoms with Crippen molar-refractivity contribution in [3.8, 4) is 0 Å². The van der Waals surface area contributed by atoms with Gasteiger partial charge in [0.15, 0.2) is 0 Å². The van der Waals surface area contributed by atoms with Gasteiger partial charge in [0.25, 0.3) is 0 Å². The molecule has 0 radical (unpaired) electrons. The van der Waals surface area contributed by atoms with Crippen LogP contribution in [0.1, 0.15) is 12.0 Å². The van der Waals surface area contributed by atoms with E-state index < -0.39 is 0 Å². The summed E-state index contributed by atoms with van der Waals surface area (Å²) in [4.78, 5) is 17.0. The van der Waals surface area contributed by atoms with E-state index in [4.69, 9.17) is 11.6 Å². The molecule has 0 unspecified atom stereocenters. The molecule has 1 N–H and O–H groups in total. The first kappa shape index (κ1) is 17.9. The number of anilines is 1. The maximum atomic E-state index is 12.3. The summed E-state index contributed by atoms with van der Waals surface area (Å²) in [5.74, 6) is 0.0128. The molecule has 1 saturated heterocycles. The molecule has 4 nitrogen and oxygen atoms in total. The lowest BCUT2D eigenvalue weighted by Crippen LogP contribution is -2.36. The Hall–Kier alpha value is -1.88. The predicted octanol–water partition coefficient (Wildman–Crippen LogP) is 3.49. The zero-order chi connectivity index (χ0) is 17.5. The average molecular weight is 358 g/mol. The molecule has 0 aromatic heterocycles. The van der Waals surface area contributed by atoms with Crippen molar-refractivity contribution in [2.24, 2.45) is 0 Å². The summed E-state index contributed by atoms with van der Waals surface area (Å²) in [6.07, 6.45) is 1.08. The van der Waals surface area contributed by atoms with Crippen molar-refractivity contribution in [2.75, 3.05) is 38.0 Å². The molecule has 25 heavy (non-hydrogen) atoms. The maximum Gasteiger partial charge on any atom is 0.238 e. The molecule has 132 valence electrons. The predicted molar refractivity (Wildman–Crippen MR) is 103 cm³/mol. The van der Waals surface area contributed by atoms with E-state index in [1.54, 1.807) is 12.1 Å². The van der Waals surface area contributed by atoms with Crippen LogP contribution in [0.25, 0.3) is 0 Å². The van der Waals surface area contributed by atoms with Gasteiger partial charge in [-0.15, -0.1) is 0 Å². The second-order valence-electron chi connectivity index (χ2n) is 6.45. The smallest absolute Gasteiger partial charge is 0.238 e. The van der Waals surface area contributed by atoms with Gasteiger partial charge in [-0.1, -0.05) is 48.0 Å². The summed E-state index contributed by atoms with van der Waals surface area (Å²) in [5.41, 5.74) is 2.09. The van der Waals surface area contributed by atoms with Gasteiger partial charge in [-0.3, -0.25) is 14.6 Å². The monoisotopic (exact) mass is 357 g/mol. The van der Waals surface area contributed by atoms with Crippen LogP contribution in [0.15, 0.2) is 54.6 Å². The average Bonchev–Trinajstić information content (AvgIpc) is 2.81. The highest BCUT2D eigenvalue weighted by atomic mass is 35.5. The van der Waals surface area contributed by atoms with E-state index in [2.05, 4.69) is 39.4 Å². The van der Waals surface area contributed by atoms with E-state index in [1.165, 1.54) is 5.56 Å². The minimum atomic E-state index is 0.0128. The van der Waals surface area contributed by atoms with Crippen LogP contribution in [0.4, 0.5) is 5.69 Å². The fraction of sp³-hybridized carbons (Fsp3) is 0.350. The van der Waals surface area contributed by atoms with Crippen LogP contribution >= 0.6 is 11.6 Å². The Balaban J connectivity index is 1.47. The molecule has 1 amide bonds. The summed E-state index contributed by atoms with van der Waals surface area (Å²) in [6.45, 7) is 5.32. The van der Waals surface area contributed by atoms with Gasteiger partial charge >= 0.3 is 0 Å². The third kappa shape index (κ3) is 5.85. The van der Waals surface area contributed by atoms with Crippen molar-refractivity contribution < 1.29 is 4.79 Å². The van der Waals surface area contributed by atoms with E-state index in [0.717, 1.165) is 44.8 Å². The van der Waals surface area contributed by atoms with Gasteiger partial charge in [0.05, 0.1) is 6.54 Å². The van der Waals surface area contributed by atoms with Crippen molar-refractivity contribution >= 4 is 23.2 Å². The minimum absolute atomic E-state index is 0.0128. The molecule has 0 aliphatic carbocycles. The summed E-state index contributed by atoms with van der Waals surface area (Å²) in [5, 5.41) is 3.55. The van der Waals surface area contributed by atoms with Crippen LogP contribution in [-0.2, 0) is 11.3 Å². The number of hydrogen-bond acceptors (Lipinski definition) is 3. The first-order valence-electron chi connectivity index (χ1n) is 8.73. The van der Waals surface area contributed by atoms with Crippen LogP contribution < -0.4 is 5.32 Å². The molecule has 0 bridgehead atoms. The van der Waals surface area contributed by atoms with Gasteiger partial charge in [0.2, 0.25) is 5.91 Å². The first-order valence-corrected chi connectivity index (χ1v) is 9.11. The van der Waals surface area contributed by atoms with Crippen LogP contribution in [0, 0.1) is 0 Å². The third-order valence-corrected chi connectivity index (χ3v) is 4.64. The molecule has 3 rings (SSSR count). The second-order valence-corrected chi connectivity index (χ2v) is 6.89. The number of benzene rings is 2. The Morgan fingerprint density at radius 1 is 0.960 bits per heavy atom. The van der Waals surface area contributed by atoms with Gasteiger partial charge in [0, 0.05) is 30.3 Å². The molecule has 1 aliphatic rings. The molecule has 2 aromatic carbocycles. The minimum Gasteiger partial charge on any atom is -0.325 e. The normalized spacial score (nSPS) is 16.4. The highest BCUT2D eigenvalue weighted by Crippen LogP contribution is 2.15. The van der Waals surface area contributed by atoms with Crippen molar-refractivity contribution in [1.29, 1.82) is 0 Å². The number of rotatable bonds is 5. The molecule has 1 heterocycles. The van der Waals surface area contributed by atoms with Crippen LogP contribution in [-0.4, -0.2) is 48.4 Å². The Morgan fingerprint density at radius 3 is 2.52 bits per heavy atom. The first-order chi connectivity index (χ1) is 12.2. The Morgan fingerprint density at radius 2 is 1.72 bits per heavy atom. The molecular weight excluding hydrogens is 334 g/mol. The quantitative estimate of drug-likeness (QED) is 0.889. The summed E-state index contributed by atoms with van der Waals surface area (Å²) in [7, 11) is 0. The van der Waals surface area contributed by atoms with E-state index >= 15 is 0 Å². The van der Waals surface area contributed by atoms with E-state index in [-0.39, 0.29) is 5.91 Å². The fourth-order valence-electron chi connectivity index (χ4n) is 3.15. The fourth-order valence-corrected chi connectivity index (χ4v) is 3.34. The van der Waals surface area contributed by atoms with Crippen LogP contribution in [0.2, 0.25) is 5.02 Å². The number of halogens is 1. The highest BCUT2D eigenvalue weighted by molar-refractivity contribution is 6.30. The van der Waals surface area contributed by atoms with Gasteiger partial charge < -0.3 is 5.32 Å². The molecule has 5 heteroatoms. The van der Waals surface area contributed by atoms with Gasteiger partial charge in [-0.25, -0.2) is 0 Å². The maximum absolute atomic E-state index is 12.3. The third-order valence-electron chi connectivity index (χ3n) is 4.41. The molecule has 0 spiro atoms. The zero-order valence-corrected chi connectivity index (χ0v) is 15.1.